The number of ether oxygens (including phenoxy) is 2. The summed E-state index contributed by atoms with van der Waals surface area (Å²) in [4.78, 5) is 18.3. The van der Waals surface area contributed by atoms with E-state index in [9.17, 15) is 10.1 Å². The quantitative estimate of drug-likeness (QED) is 0.876. The molecule has 0 fully saturated rings. The molecule has 7 heteroatoms. The number of nitrogens with zero attached hydrogens (tertiary/aromatic N) is 3. The lowest BCUT2D eigenvalue weighted by Crippen LogP contribution is -2.37. The monoisotopic (exact) mass is 380 g/mol. The average Bonchev–Trinajstić information content (AvgIpc) is 2.68. The smallest absolute Gasteiger partial charge is 0.410 e. The molecule has 0 unspecified atom stereocenters. The number of rotatable bonds is 3. The highest BCUT2D eigenvalue weighted by molar-refractivity contribution is 5.82. The number of nitrogens with two attached hydrogens (primary N) is 1. The lowest BCUT2D eigenvalue weighted by Gasteiger charge is -2.30. The van der Waals surface area contributed by atoms with Crippen molar-refractivity contribution in [3.8, 4) is 22.9 Å². The Bertz CT molecular complexity index is 979. The van der Waals surface area contributed by atoms with E-state index in [0.717, 1.165) is 39.3 Å². The van der Waals surface area contributed by atoms with Gasteiger partial charge in [-0.2, -0.15) is 5.26 Å². The van der Waals surface area contributed by atoms with Gasteiger partial charge in [-0.15, -0.1) is 0 Å². The van der Waals surface area contributed by atoms with Gasteiger partial charge < -0.3 is 20.1 Å². The van der Waals surface area contributed by atoms with E-state index in [-0.39, 0.29) is 11.9 Å². The zero-order valence-electron chi connectivity index (χ0n) is 16.6. The predicted molar refractivity (Wildman–Crippen MR) is 106 cm³/mol. The Kier molecular flexibility index (Phi) is 5.41. The van der Waals surface area contributed by atoms with Gasteiger partial charge in [0, 0.05) is 24.1 Å². The molecular weight excluding hydrogens is 356 g/mol. The van der Waals surface area contributed by atoms with Crippen molar-refractivity contribution >= 4 is 11.9 Å². The lowest BCUT2D eigenvalue weighted by molar-refractivity contribution is 0.102. The molecule has 2 heterocycles. The Labute approximate surface area is 164 Å². The first-order valence-electron chi connectivity index (χ1n) is 9.19. The van der Waals surface area contributed by atoms with E-state index in [0.29, 0.717) is 31.7 Å². The molecule has 28 heavy (non-hydrogen) atoms. The molecule has 146 valence electrons. The van der Waals surface area contributed by atoms with Gasteiger partial charge in [-0.1, -0.05) is 0 Å². The average molecular weight is 380 g/mol. The molecule has 1 aromatic heterocycles. The maximum absolute atomic E-state index is 12.3. The van der Waals surface area contributed by atoms with Gasteiger partial charge in [0.05, 0.1) is 26.0 Å². The van der Waals surface area contributed by atoms with Crippen LogP contribution in [0, 0.1) is 25.2 Å². The molecule has 7 nitrogen and oxygen atoms in total. The van der Waals surface area contributed by atoms with Crippen molar-refractivity contribution in [3.05, 3.63) is 40.1 Å². The van der Waals surface area contributed by atoms with Crippen LogP contribution in [0.5, 0.6) is 5.75 Å². The molecule has 2 aromatic rings. The fraction of sp³-hybridized carbons (Fsp3) is 0.381. The van der Waals surface area contributed by atoms with Gasteiger partial charge in [-0.25, -0.2) is 9.78 Å². The SMILES string of the molecule is CCOC(=O)N1CCc2nc(N)c(C#N)c(-c3cc(C)c(OC)cc3C)c2C1. The second-order valence-electron chi connectivity index (χ2n) is 6.79. The zero-order valence-corrected chi connectivity index (χ0v) is 16.6. The van der Waals surface area contributed by atoms with Crippen LogP contribution < -0.4 is 10.5 Å². The molecule has 0 saturated carbocycles. The fourth-order valence-electron chi connectivity index (χ4n) is 3.64. The standard InChI is InChI=1S/C21H24N4O3/c1-5-28-21(26)25-7-6-17-16(11-25)19(15(10-22)20(23)24-17)14-8-13(3)18(27-4)9-12(14)2/h8-9H,5-7,11H2,1-4H3,(H2,23,24). The molecular formula is C21H24N4O3. The van der Waals surface area contributed by atoms with E-state index in [4.69, 9.17) is 15.2 Å². The van der Waals surface area contributed by atoms with Gasteiger partial charge in [0.25, 0.3) is 0 Å². The summed E-state index contributed by atoms with van der Waals surface area (Å²) in [5, 5.41) is 9.78. The van der Waals surface area contributed by atoms with Gasteiger partial charge in [0.1, 0.15) is 23.2 Å². The molecule has 1 amide bonds. The van der Waals surface area contributed by atoms with Crippen molar-refractivity contribution in [1.82, 2.24) is 9.88 Å². The summed E-state index contributed by atoms with van der Waals surface area (Å²) in [7, 11) is 1.63. The van der Waals surface area contributed by atoms with Crippen molar-refractivity contribution < 1.29 is 14.3 Å². The topological polar surface area (TPSA) is 101 Å². The largest absolute Gasteiger partial charge is 0.496 e. The normalized spacial score (nSPS) is 12.9. The number of benzene rings is 1. The number of fused-ring (bicyclic) bond motifs is 1. The summed E-state index contributed by atoms with van der Waals surface area (Å²) in [6.07, 6.45) is 0.197. The van der Waals surface area contributed by atoms with E-state index >= 15 is 0 Å². The first-order valence-corrected chi connectivity index (χ1v) is 9.19. The van der Waals surface area contributed by atoms with Gasteiger partial charge >= 0.3 is 6.09 Å². The van der Waals surface area contributed by atoms with E-state index in [1.165, 1.54) is 0 Å². The van der Waals surface area contributed by atoms with Crippen molar-refractivity contribution in [3.63, 3.8) is 0 Å². The number of carbonyl (C=O) groups excluding carboxylic acids is 1. The van der Waals surface area contributed by atoms with Gasteiger partial charge in [0.2, 0.25) is 0 Å². The Morgan fingerprint density at radius 1 is 1.36 bits per heavy atom. The summed E-state index contributed by atoms with van der Waals surface area (Å²) in [5.74, 6) is 0.998. The minimum Gasteiger partial charge on any atom is -0.496 e. The number of nitrogen functional groups attached to an aromatic ring is 1. The number of aryl methyl sites for hydroxylation is 2. The van der Waals surface area contributed by atoms with E-state index < -0.39 is 0 Å². The van der Waals surface area contributed by atoms with Gasteiger partial charge in [-0.3, -0.25) is 0 Å². The van der Waals surface area contributed by atoms with Gasteiger partial charge in [-0.05, 0) is 49.6 Å². The third kappa shape index (κ3) is 3.33. The minimum absolute atomic E-state index is 0.216. The highest BCUT2D eigenvalue weighted by atomic mass is 16.6. The molecule has 1 aliphatic heterocycles. The Morgan fingerprint density at radius 3 is 2.75 bits per heavy atom. The highest BCUT2D eigenvalue weighted by Crippen LogP contribution is 2.38. The zero-order chi connectivity index (χ0) is 20.4. The van der Waals surface area contributed by atoms with Crippen LogP contribution in [0.2, 0.25) is 0 Å². The molecule has 0 bridgehead atoms. The molecule has 2 N–H and O–H groups in total. The first-order chi connectivity index (χ1) is 13.4. The van der Waals surface area contributed by atoms with Crippen molar-refractivity contribution in [1.29, 1.82) is 5.26 Å². The number of aromatic nitrogens is 1. The number of anilines is 1. The van der Waals surface area contributed by atoms with Crippen LogP contribution in [-0.4, -0.2) is 36.2 Å². The number of methoxy groups -OCH3 is 1. The maximum atomic E-state index is 12.3. The number of amides is 1. The fourth-order valence-corrected chi connectivity index (χ4v) is 3.64. The maximum Gasteiger partial charge on any atom is 0.410 e. The number of carbonyl (C=O) groups is 1. The molecule has 0 radical (unpaired) electrons. The van der Waals surface area contributed by atoms with Crippen LogP contribution in [0.4, 0.5) is 10.6 Å². The highest BCUT2D eigenvalue weighted by Gasteiger charge is 2.29. The number of hydrogen-bond donors (Lipinski definition) is 1. The molecule has 1 aliphatic rings. The van der Waals surface area contributed by atoms with E-state index in [1.54, 1.807) is 18.9 Å². The summed E-state index contributed by atoms with van der Waals surface area (Å²) in [5.41, 5.74) is 11.7. The van der Waals surface area contributed by atoms with E-state index in [2.05, 4.69) is 11.1 Å². The first kappa shape index (κ1) is 19.5. The molecule has 0 aliphatic carbocycles. The van der Waals surface area contributed by atoms with Crippen LogP contribution in [0.25, 0.3) is 11.1 Å². The number of pyridine rings is 1. The van der Waals surface area contributed by atoms with Gasteiger partial charge in [0.15, 0.2) is 0 Å². The summed E-state index contributed by atoms with van der Waals surface area (Å²) in [6.45, 7) is 6.85. The summed E-state index contributed by atoms with van der Waals surface area (Å²) < 4.78 is 10.6. The second-order valence-corrected chi connectivity index (χ2v) is 6.79. The Morgan fingerprint density at radius 2 is 2.11 bits per heavy atom. The predicted octanol–water partition coefficient (Wildman–Crippen LogP) is 3.34. The lowest BCUT2D eigenvalue weighted by atomic mass is 9.88. The van der Waals surface area contributed by atoms with Crippen LogP contribution in [-0.2, 0) is 17.7 Å². The van der Waals surface area contributed by atoms with Crippen LogP contribution >= 0.6 is 0 Å². The molecule has 3 rings (SSSR count). The van der Waals surface area contributed by atoms with Crippen LogP contribution in [0.3, 0.4) is 0 Å². The Balaban J connectivity index is 2.22. The van der Waals surface area contributed by atoms with Crippen molar-refractivity contribution in [2.45, 2.75) is 33.7 Å². The third-order valence-electron chi connectivity index (χ3n) is 5.03. The molecule has 1 aromatic carbocycles. The number of nitriles is 1. The third-order valence-corrected chi connectivity index (χ3v) is 5.03. The molecule has 0 atom stereocenters. The molecule has 0 saturated heterocycles. The summed E-state index contributed by atoms with van der Waals surface area (Å²) in [6, 6.07) is 6.14. The number of hydrogen-bond acceptors (Lipinski definition) is 6. The Hall–Kier alpha value is -3.27. The summed E-state index contributed by atoms with van der Waals surface area (Å²) >= 11 is 0. The van der Waals surface area contributed by atoms with Crippen LogP contribution in [0.15, 0.2) is 12.1 Å². The second kappa shape index (κ2) is 7.77. The molecule has 0 spiro atoms. The van der Waals surface area contributed by atoms with Crippen LogP contribution in [0.1, 0.15) is 34.9 Å². The van der Waals surface area contributed by atoms with E-state index in [1.807, 2.05) is 26.0 Å². The minimum atomic E-state index is -0.364. The van der Waals surface area contributed by atoms with Crippen molar-refractivity contribution in [2.24, 2.45) is 0 Å². The van der Waals surface area contributed by atoms with Crippen molar-refractivity contribution in [2.75, 3.05) is 26.0 Å².